The zero-order chi connectivity index (χ0) is 34.6. The molecule has 0 aliphatic carbocycles. The van der Waals surface area contributed by atoms with E-state index in [4.69, 9.17) is 8.83 Å². The Kier molecular flexibility index (Phi) is 5.96. The molecular weight excluding hydrogens is 665 g/mol. The number of benzene rings is 9. The van der Waals surface area contributed by atoms with Crippen molar-refractivity contribution in [1.82, 2.24) is 0 Å². The lowest BCUT2D eigenvalue weighted by Gasteiger charge is -2.19. The van der Waals surface area contributed by atoms with E-state index < -0.39 is 0 Å². The zero-order valence-corrected chi connectivity index (χ0v) is 29.2. The lowest BCUT2D eigenvalue weighted by atomic mass is 9.84. The molecule has 9 aromatic carbocycles. The Bertz CT molecular complexity index is 3390. The lowest BCUT2D eigenvalue weighted by molar-refractivity contribution is 0.669. The third-order valence-corrected chi connectivity index (χ3v) is 12.1. The largest absolute Gasteiger partial charge is 0.456 e. The minimum absolute atomic E-state index is 0.903. The van der Waals surface area contributed by atoms with Gasteiger partial charge < -0.3 is 8.83 Å². The second-order valence-corrected chi connectivity index (χ2v) is 14.9. The Labute approximate surface area is 307 Å². The van der Waals surface area contributed by atoms with Gasteiger partial charge in [0.2, 0.25) is 0 Å². The predicted molar refractivity (Wildman–Crippen MR) is 225 cm³/mol. The maximum Gasteiger partial charge on any atom is 0.144 e. The van der Waals surface area contributed by atoms with E-state index in [0.717, 1.165) is 43.9 Å². The highest BCUT2D eigenvalue weighted by molar-refractivity contribution is 7.18. The fourth-order valence-electron chi connectivity index (χ4n) is 8.79. The van der Waals surface area contributed by atoms with E-state index in [1.807, 2.05) is 6.07 Å². The van der Waals surface area contributed by atoms with Gasteiger partial charge in [-0.05, 0) is 108 Å². The molecule has 0 fully saturated rings. The third-order valence-electron chi connectivity index (χ3n) is 11.1. The molecule has 0 aliphatic rings. The molecule has 0 N–H and O–H groups in total. The summed E-state index contributed by atoms with van der Waals surface area (Å²) in [5, 5.41) is 15.3. The van der Waals surface area contributed by atoms with E-state index in [0.29, 0.717) is 0 Å². The Morgan fingerprint density at radius 2 is 1.04 bits per heavy atom. The Hall–Kier alpha value is -6.68. The molecule has 0 bridgehead atoms. The molecule has 246 valence electrons. The number of hydrogen-bond acceptors (Lipinski definition) is 3. The van der Waals surface area contributed by atoms with E-state index in [2.05, 4.69) is 163 Å². The molecule has 2 nitrogen and oxygen atoms in total. The molecule has 0 radical (unpaired) electrons. The molecule has 12 aromatic rings. The monoisotopic (exact) mass is 692 g/mol. The first-order valence-corrected chi connectivity index (χ1v) is 18.9. The van der Waals surface area contributed by atoms with Crippen LogP contribution >= 0.6 is 11.3 Å². The third kappa shape index (κ3) is 4.14. The van der Waals surface area contributed by atoms with Gasteiger partial charge in [0.15, 0.2) is 0 Å². The second-order valence-electron chi connectivity index (χ2n) is 14.0. The van der Waals surface area contributed by atoms with Gasteiger partial charge in [0.25, 0.3) is 0 Å². The van der Waals surface area contributed by atoms with Gasteiger partial charge in [-0.3, -0.25) is 0 Å². The molecule has 0 atom stereocenters. The number of fused-ring (bicyclic) bond motifs is 11. The van der Waals surface area contributed by atoms with Crippen LogP contribution in [0.4, 0.5) is 0 Å². The number of furan rings is 2. The molecule has 0 spiro atoms. The van der Waals surface area contributed by atoms with Gasteiger partial charge in [0.05, 0.1) is 0 Å². The molecule has 3 heterocycles. The molecule has 0 amide bonds. The van der Waals surface area contributed by atoms with Crippen LogP contribution in [0.15, 0.2) is 178 Å². The first-order valence-electron chi connectivity index (χ1n) is 18.0. The minimum Gasteiger partial charge on any atom is -0.456 e. The average Bonchev–Trinajstić information content (AvgIpc) is 3.92. The van der Waals surface area contributed by atoms with Crippen molar-refractivity contribution in [1.29, 1.82) is 0 Å². The van der Waals surface area contributed by atoms with Crippen LogP contribution in [-0.4, -0.2) is 0 Å². The molecule has 3 aromatic heterocycles. The lowest BCUT2D eigenvalue weighted by Crippen LogP contribution is -1.91. The molecule has 3 heteroatoms. The Morgan fingerprint density at radius 1 is 0.358 bits per heavy atom. The van der Waals surface area contributed by atoms with Crippen LogP contribution in [0.5, 0.6) is 0 Å². The standard InChI is InChI=1S/C50H28O2S/c1-2-11-29(12-3-1)42-28-53-46-24-22-38-40-25-31(21-23-44(40)52-50(38)49(42)46)47-33-15-4-6-17-35(33)48(36-18-7-5-16-34(36)47)37-19-10-13-30-26-45-41(27-39(30)37)32-14-8-9-20-43(32)51-45/h1-28H. The fraction of sp³-hybridized carbons (Fsp3) is 0. The highest BCUT2D eigenvalue weighted by Crippen LogP contribution is 2.48. The molecule has 53 heavy (non-hydrogen) atoms. The van der Waals surface area contributed by atoms with Gasteiger partial charge in [-0.2, -0.15) is 0 Å². The summed E-state index contributed by atoms with van der Waals surface area (Å²) in [4.78, 5) is 0. The van der Waals surface area contributed by atoms with E-state index in [-0.39, 0.29) is 0 Å². The Balaban J connectivity index is 1.13. The molecule has 0 aliphatic heterocycles. The number of para-hydroxylation sites is 1. The zero-order valence-electron chi connectivity index (χ0n) is 28.4. The van der Waals surface area contributed by atoms with E-state index in [1.165, 1.54) is 75.8 Å². The summed E-state index contributed by atoms with van der Waals surface area (Å²) in [5.74, 6) is 0. The van der Waals surface area contributed by atoms with Crippen molar-refractivity contribution >= 4 is 97.6 Å². The minimum atomic E-state index is 0.903. The topological polar surface area (TPSA) is 26.3 Å². The summed E-state index contributed by atoms with van der Waals surface area (Å²) in [7, 11) is 0. The van der Waals surface area contributed by atoms with E-state index >= 15 is 0 Å². The quantitative estimate of drug-likeness (QED) is 0.172. The van der Waals surface area contributed by atoms with Crippen LogP contribution in [0.25, 0.3) is 120 Å². The van der Waals surface area contributed by atoms with Crippen molar-refractivity contribution in [2.75, 3.05) is 0 Å². The predicted octanol–water partition coefficient (Wildman–Crippen LogP) is 15.2. The summed E-state index contributed by atoms with van der Waals surface area (Å²) >= 11 is 1.77. The van der Waals surface area contributed by atoms with Gasteiger partial charge in [-0.1, -0.05) is 121 Å². The van der Waals surface area contributed by atoms with Crippen LogP contribution in [0, 0.1) is 0 Å². The van der Waals surface area contributed by atoms with Crippen LogP contribution < -0.4 is 0 Å². The second kappa shape index (κ2) is 10.9. The fourth-order valence-corrected chi connectivity index (χ4v) is 9.75. The summed E-state index contributed by atoms with van der Waals surface area (Å²) < 4.78 is 14.3. The number of thiophene rings is 1. The van der Waals surface area contributed by atoms with Crippen molar-refractivity contribution in [3.63, 3.8) is 0 Å². The maximum atomic E-state index is 6.72. The van der Waals surface area contributed by atoms with E-state index in [1.54, 1.807) is 11.3 Å². The summed E-state index contributed by atoms with van der Waals surface area (Å²) in [5.41, 5.74) is 11.0. The summed E-state index contributed by atoms with van der Waals surface area (Å²) in [6.45, 7) is 0. The SMILES string of the molecule is c1ccc(-c2csc3ccc4c5cc(-c6c7ccccc7c(-c7cccc8cc9oc%10ccccc%10c9cc78)c7ccccc67)ccc5oc4c23)cc1. The smallest absolute Gasteiger partial charge is 0.144 e. The van der Waals surface area contributed by atoms with Crippen molar-refractivity contribution in [2.45, 2.75) is 0 Å². The average molecular weight is 693 g/mol. The molecule has 0 unspecified atom stereocenters. The van der Waals surface area contributed by atoms with Crippen LogP contribution in [-0.2, 0) is 0 Å². The van der Waals surface area contributed by atoms with Crippen molar-refractivity contribution in [3.8, 4) is 33.4 Å². The van der Waals surface area contributed by atoms with Crippen molar-refractivity contribution in [3.05, 3.63) is 169 Å². The molecule has 0 saturated heterocycles. The van der Waals surface area contributed by atoms with Gasteiger partial charge in [-0.25, -0.2) is 0 Å². The van der Waals surface area contributed by atoms with Crippen molar-refractivity contribution < 1.29 is 8.83 Å². The van der Waals surface area contributed by atoms with Gasteiger partial charge in [0.1, 0.15) is 22.3 Å². The molecular formula is C50H28O2S. The normalized spacial score (nSPS) is 12.2. The summed E-state index contributed by atoms with van der Waals surface area (Å²) in [6.07, 6.45) is 0. The Morgan fingerprint density at radius 3 is 1.83 bits per heavy atom. The van der Waals surface area contributed by atoms with Crippen molar-refractivity contribution in [2.24, 2.45) is 0 Å². The van der Waals surface area contributed by atoms with Crippen LogP contribution in [0.1, 0.15) is 0 Å². The van der Waals surface area contributed by atoms with Crippen LogP contribution in [0.3, 0.4) is 0 Å². The highest BCUT2D eigenvalue weighted by Gasteiger charge is 2.21. The van der Waals surface area contributed by atoms with Gasteiger partial charge >= 0.3 is 0 Å². The van der Waals surface area contributed by atoms with Crippen LogP contribution in [0.2, 0.25) is 0 Å². The highest BCUT2D eigenvalue weighted by atomic mass is 32.1. The van der Waals surface area contributed by atoms with Gasteiger partial charge in [0, 0.05) is 37.2 Å². The first-order chi connectivity index (χ1) is 26.3. The first kappa shape index (κ1) is 29.0. The molecule has 0 saturated carbocycles. The number of hydrogen-bond donors (Lipinski definition) is 0. The number of rotatable bonds is 3. The summed E-state index contributed by atoms with van der Waals surface area (Å²) in [6, 6.07) is 59.2. The maximum absolute atomic E-state index is 6.72. The van der Waals surface area contributed by atoms with E-state index in [9.17, 15) is 0 Å². The molecule has 12 rings (SSSR count). The van der Waals surface area contributed by atoms with Gasteiger partial charge in [-0.15, -0.1) is 11.3 Å².